The predicted molar refractivity (Wildman–Crippen MR) is 160 cm³/mol. The molecule has 0 saturated carbocycles. The first-order valence-corrected chi connectivity index (χ1v) is 13.4. The number of amides is 4. The fourth-order valence-corrected chi connectivity index (χ4v) is 4.57. The van der Waals surface area contributed by atoms with Gasteiger partial charge < -0.3 is 14.2 Å². The number of hydrogen-bond donors (Lipinski definition) is 1. The lowest BCUT2D eigenvalue weighted by Crippen LogP contribution is -2.54. The van der Waals surface area contributed by atoms with Gasteiger partial charge in [0.15, 0.2) is 11.5 Å². The number of nitrogens with zero attached hydrogens (tertiary/aromatic N) is 1. The third-order valence-electron chi connectivity index (χ3n) is 6.51. The number of anilines is 1. The summed E-state index contributed by atoms with van der Waals surface area (Å²) >= 11 is 6.53. The first-order valence-electron chi connectivity index (χ1n) is 13.1. The molecule has 1 N–H and O–H groups in total. The fraction of sp³-hybridized carbons (Fsp3) is 0.121. The second kappa shape index (κ2) is 12.6. The van der Waals surface area contributed by atoms with Crippen molar-refractivity contribution in [3.63, 3.8) is 0 Å². The predicted octanol–water partition coefficient (Wildman–Crippen LogP) is 6.48. The summed E-state index contributed by atoms with van der Waals surface area (Å²) in [6.45, 7) is 2.64. The van der Waals surface area contributed by atoms with E-state index >= 15 is 0 Å². The minimum Gasteiger partial charge on any atom is -0.493 e. The summed E-state index contributed by atoms with van der Waals surface area (Å²) in [5.74, 6) is -0.391. The SMILES string of the molecule is COc1cc(/C=C2\C(=O)NC(=O)N(c3ccc(OCc4ccccc4)cc3)C2=O)cc(Cl)c1OCc1ccc(C)cc1. The van der Waals surface area contributed by atoms with Crippen molar-refractivity contribution >= 4 is 41.2 Å². The molecule has 5 rings (SSSR count). The number of nitrogens with one attached hydrogen (secondary N) is 1. The van der Waals surface area contributed by atoms with Gasteiger partial charge in [-0.3, -0.25) is 14.9 Å². The van der Waals surface area contributed by atoms with Crippen LogP contribution in [-0.2, 0) is 22.8 Å². The maximum Gasteiger partial charge on any atom is 0.335 e. The van der Waals surface area contributed by atoms with Crippen LogP contribution in [-0.4, -0.2) is 25.0 Å². The van der Waals surface area contributed by atoms with Crippen molar-refractivity contribution in [3.8, 4) is 17.2 Å². The molecule has 42 heavy (non-hydrogen) atoms. The molecule has 0 aliphatic carbocycles. The van der Waals surface area contributed by atoms with Crippen molar-refractivity contribution in [1.82, 2.24) is 5.32 Å². The molecule has 0 bridgehead atoms. The molecular weight excluding hydrogens is 556 g/mol. The monoisotopic (exact) mass is 582 g/mol. The Labute approximate surface area is 248 Å². The molecule has 9 heteroatoms. The molecule has 212 valence electrons. The fourth-order valence-electron chi connectivity index (χ4n) is 4.29. The molecule has 0 unspecified atom stereocenters. The van der Waals surface area contributed by atoms with E-state index in [4.69, 9.17) is 25.8 Å². The van der Waals surface area contributed by atoms with Gasteiger partial charge in [0.1, 0.15) is 24.5 Å². The summed E-state index contributed by atoms with van der Waals surface area (Å²) in [6.07, 6.45) is 1.35. The number of methoxy groups -OCH3 is 1. The molecule has 1 saturated heterocycles. The van der Waals surface area contributed by atoms with Crippen LogP contribution in [0.3, 0.4) is 0 Å². The smallest absolute Gasteiger partial charge is 0.335 e. The first-order chi connectivity index (χ1) is 20.3. The Balaban J connectivity index is 1.34. The van der Waals surface area contributed by atoms with E-state index in [-0.39, 0.29) is 22.9 Å². The van der Waals surface area contributed by atoms with E-state index in [1.807, 2.05) is 61.5 Å². The number of carbonyl (C=O) groups is 3. The Bertz CT molecular complexity index is 1650. The van der Waals surface area contributed by atoms with Crippen molar-refractivity contribution in [2.45, 2.75) is 20.1 Å². The van der Waals surface area contributed by atoms with Crippen molar-refractivity contribution < 1.29 is 28.6 Å². The van der Waals surface area contributed by atoms with Crippen LogP contribution in [0.4, 0.5) is 10.5 Å². The molecule has 4 aromatic rings. The van der Waals surface area contributed by atoms with Crippen LogP contribution in [0.25, 0.3) is 6.08 Å². The molecule has 8 nitrogen and oxygen atoms in total. The number of aryl methyl sites for hydroxylation is 1. The lowest BCUT2D eigenvalue weighted by atomic mass is 10.1. The van der Waals surface area contributed by atoms with Gasteiger partial charge in [0.25, 0.3) is 11.8 Å². The third-order valence-corrected chi connectivity index (χ3v) is 6.79. The summed E-state index contributed by atoms with van der Waals surface area (Å²) in [7, 11) is 1.47. The number of rotatable bonds is 9. The Morgan fingerprint density at radius 1 is 0.833 bits per heavy atom. The molecule has 0 aromatic heterocycles. The summed E-state index contributed by atoms with van der Waals surface area (Å²) < 4.78 is 17.2. The third kappa shape index (κ3) is 6.45. The number of ether oxygens (including phenoxy) is 3. The number of imide groups is 2. The summed E-state index contributed by atoms with van der Waals surface area (Å²) in [5, 5.41) is 2.46. The number of halogens is 1. The second-order valence-electron chi connectivity index (χ2n) is 9.53. The minimum absolute atomic E-state index is 0.232. The zero-order chi connectivity index (χ0) is 29.6. The van der Waals surface area contributed by atoms with E-state index in [0.29, 0.717) is 29.4 Å². The molecule has 1 heterocycles. The van der Waals surface area contributed by atoms with Crippen LogP contribution in [0.15, 0.2) is 96.6 Å². The van der Waals surface area contributed by atoms with Crippen LogP contribution in [0.1, 0.15) is 22.3 Å². The maximum atomic E-state index is 13.4. The van der Waals surface area contributed by atoms with Crippen LogP contribution < -0.4 is 24.4 Å². The number of barbiturate groups is 1. The van der Waals surface area contributed by atoms with E-state index in [0.717, 1.165) is 21.6 Å². The Morgan fingerprint density at radius 2 is 1.50 bits per heavy atom. The molecule has 4 aromatic carbocycles. The van der Waals surface area contributed by atoms with Gasteiger partial charge >= 0.3 is 6.03 Å². The van der Waals surface area contributed by atoms with Crippen molar-refractivity contribution in [2.75, 3.05) is 12.0 Å². The van der Waals surface area contributed by atoms with Crippen molar-refractivity contribution in [2.24, 2.45) is 0 Å². The number of urea groups is 1. The highest BCUT2D eigenvalue weighted by molar-refractivity contribution is 6.39. The second-order valence-corrected chi connectivity index (χ2v) is 9.94. The topological polar surface area (TPSA) is 94.2 Å². The van der Waals surface area contributed by atoms with E-state index in [9.17, 15) is 14.4 Å². The Morgan fingerprint density at radius 3 is 2.19 bits per heavy atom. The first kappa shape index (κ1) is 28.4. The molecule has 0 atom stereocenters. The van der Waals surface area contributed by atoms with Gasteiger partial charge in [-0.15, -0.1) is 0 Å². The molecule has 1 fully saturated rings. The standard InChI is InChI=1S/C33H27ClN2O6/c1-21-8-10-23(11-9-21)20-42-30-28(34)17-24(18-29(30)40-2)16-27-31(37)35-33(39)36(32(27)38)25-12-14-26(15-13-25)41-19-22-6-4-3-5-7-22/h3-18H,19-20H2,1-2H3,(H,35,37,39)/b27-16+. The van der Waals surface area contributed by atoms with Crippen LogP contribution in [0.5, 0.6) is 17.2 Å². The zero-order valence-electron chi connectivity index (χ0n) is 22.9. The zero-order valence-corrected chi connectivity index (χ0v) is 23.7. The Hall–Kier alpha value is -5.08. The highest BCUT2D eigenvalue weighted by atomic mass is 35.5. The van der Waals surface area contributed by atoms with Crippen molar-refractivity contribution in [3.05, 3.63) is 124 Å². The normalized spacial score (nSPS) is 14.1. The van der Waals surface area contributed by atoms with E-state index in [1.54, 1.807) is 36.4 Å². The molecule has 1 aliphatic rings. The highest BCUT2D eigenvalue weighted by Crippen LogP contribution is 2.38. The van der Waals surface area contributed by atoms with Crippen molar-refractivity contribution in [1.29, 1.82) is 0 Å². The molecule has 4 amide bonds. The summed E-state index contributed by atoms with van der Waals surface area (Å²) in [6, 6.07) is 26.3. The average Bonchev–Trinajstić information content (AvgIpc) is 2.99. The molecular formula is C33H27ClN2O6. The minimum atomic E-state index is -0.851. The molecule has 0 radical (unpaired) electrons. The molecule has 0 spiro atoms. The number of benzene rings is 4. The average molecular weight is 583 g/mol. The molecule has 1 aliphatic heterocycles. The van der Waals surface area contributed by atoms with Gasteiger partial charge in [-0.1, -0.05) is 71.8 Å². The summed E-state index contributed by atoms with van der Waals surface area (Å²) in [4.78, 5) is 39.7. The maximum absolute atomic E-state index is 13.4. The van der Waals surface area contributed by atoms with E-state index in [2.05, 4.69) is 5.32 Å². The lowest BCUT2D eigenvalue weighted by Gasteiger charge is -2.26. The highest BCUT2D eigenvalue weighted by Gasteiger charge is 2.37. The van der Waals surface area contributed by atoms with Gasteiger partial charge in [0, 0.05) is 0 Å². The van der Waals surface area contributed by atoms with Crippen LogP contribution in [0.2, 0.25) is 5.02 Å². The van der Waals surface area contributed by atoms with E-state index in [1.165, 1.54) is 13.2 Å². The van der Waals surface area contributed by atoms with Crippen LogP contribution >= 0.6 is 11.6 Å². The lowest BCUT2D eigenvalue weighted by molar-refractivity contribution is -0.122. The van der Waals surface area contributed by atoms with E-state index < -0.39 is 17.8 Å². The van der Waals surface area contributed by atoms with Crippen LogP contribution in [0, 0.1) is 6.92 Å². The number of carbonyl (C=O) groups excluding carboxylic acids is 3. The largest absolute Gasteiger partial charge is 0.493 e. The van der Waals surface area contributed by atoms with Gasteiger partial charge in [0.05, 0.1) is 17.8 Å². The number of hydrogen-bond acceptors (Lipinski definition) is 6. The van der Waals surface area contributed by atoms with Gasteiger partial charge in [-0.2, -0.15) is 0 Å². The van der Waals surface area contributed by atoms with Gasteiger partial charge in [-0.05, 0) is 66.1 Å². The quantitative estimate of drug-likeness (QED) is 0.179. The van der Waals surface area contributed by atoms with Gasteiger partial charge in [0.2, 0.25) is 0 Å². The summed E-state index contributed by atoms with van der Waals surface area (Å²) in [5.41, 5.74) is 3.54. The Kier molecular flexibility index (Phi) is 8.55. The van der Waals surface area contributed by atoms with Gasteiger partial charge in [-0.25, -0.2) is 9.69 Å².